The molecule has 13 nitrogen and oxygen atoms in total. The number of carbonyl (C=O) groups excluding carboxylic acids is 6. The number of esters is 1. The number of benzene rings is 2. The quantitative estimate of drug-likeness (QED) is 0.115. The second-order valence-electron chi connectivity index (χ2n) is 22.2. The molecule has 0 heterocycles. The summed E-state index contributed by atoms with van der Waals surface area (Å²) in [6.07, 6.45) is 7.45. The third-order valence-corrected chi connectivity index (χ3v) is 15.1. The summed E-state index contributed by atoms with van der Waals surface area (Å²) in [4.78, 5) is 80.5. The number of ether oxygens (including phenoxy) is 2. The van der Waals surface area contributed by atoms with Crippen LogP contribution in [0.3, 0.4) is 0 Å². The number of amides is 5. The molecule has 0 aromatic heterocycles. The van der Waals surface area contributed by atoms with Gasteiger partial charge >= 0.3 is 12.1 Å². The first kappa shape index (κ1) is 48.7. The van der Waals surface area contributed by atoms with Crippen molar-refractivity contribution in [1.82, 2.24) is 10.6 Å². The minimum atomic E-state index is -0.989. The van der Waals surface area contributed by atoms with E-state index in [0.29, 0.717) is 24.2 Å². The highest BCUT2D eigenvalue weighted by molar-refractivity contribution is 6.01. The number of aryl methyl sites for hydroxylation is 2. The van der Waals surface area contributed by atoms with Crippen LogP contribution in [0, 0.1) is 22.7 Å². The Kier molecular flexibility index (Phi) is 13.6. The summed E-state index contributed by atoms with van der Waals surface area (Å²) in [5, 5.41) is 11.6. The fourth-order valence-corrected chi connectivity index (χ4v) is 11.9. The first-order chi connectivity index (χ1) is 29.7. The lowest BCUT2D eigenvalue weighted by molar-refractivity contribution is -0.155. The van der Waals surface area contributed by atoms with Crippen LogP contribution in [-0.2, 0) is 57.1 Å². The average molecular weight is 884 g/mol. The van der Waals surface area contributed by atoms with E-state index in [0.717, 1.165) is 62.5 Å². The number of rotatable bonds is 10. The number of fused-ring (bicyclic) bond motifs is 6. The number of hydrogen-bond donors (Lipinski definition) is 5. The number of nitrogens with one attached hydrogen (secondary N) is 4. The first-order valence-corrected chi connectivity index (χ1v) is 23.4. The van der Waals surface area contributed by atoms with E-state index in [1.165, 1.54) is 11.1 Å². The molecule has 6 rings (SSSR count). The Morgan fingerprint density at radius 3 is 1.62 bits per heavy atom. The highest BCUT2D eigenvalue weighted by atomic mass is 16.6. The van der Waals surface area contributed by atoms with Crippen LogP contribution in [0.1, 0.15) is 163 Å². The van der Waals surface area contributed by atoms with Gasteiger partial charge in [-0.1, -0.05) is 52.7 Å². The van der Waals surface area contributed by atoms with Crippen LogP contribution < -0.4 is 27.0 Å². The minimum absolute atomic E-state index is 0.0117. The summed E-state index contributed by atoms with van der Waals surface area (Å²) < 4.78 is 10.8. The summed E-state index contributed by atoms with van der Waals surface area (Å²) in [5.74, 6) is -1.89. The van der Waals surface area contributed by atoms with E-state index in [9.17, 15) is 28.8 Å². The molecule has 0 radical (unpaired) electrons. The molecule has 5 amide bonds. The first-order valence-electron chi connectivity index (χ1n) is 23.4. The third kappa shape index (κ3) is 10.0. The lowest BCUT2D eigenvalue weighted by atomic mass is 9.49. The Morgan fingerprint density at radius 2 is 1.16 bits per heavy atom. The van der Waals surface area contributed by atoms with Gasteiger partial charge in [-0.3, -0.25) is 34.6 Å². The van der Waals surface area contributed by atoms with E-state index in [1.807, 2.05) is 58.9 Å². The SMILES string of the molecule is C[C@H](NC(=O)[C@@H](N)CCC(=O)OC(C)(C)C)C(=O)Nc1ccc2c(c1)[C@@]1(C)CCC[C@](C)(C(=O)NC(=O)[C@@]3(C)CCC[C@]4(C)c5cc(NC(=O)OC(C)(C)C)ccc5CC[C@@H]34)[C@@H]1CC2. The molecule has 2 saturated carbocycles. The van der Waals surface area contributed by atoms with Crippen molar-refractivity contribution in [3.8, 4) is 0 Å². The van der Waals surface area contributed by atoms with Gasteiger partial charge in [0, 0.05) is 17.8 Å². The van der Waals surface area contributed by atoms with Crippen LogP contribution in [0.25, 0.3) is 0 Å². The highest BCUT2D eigenvalue weighted by Gasteiger charge is 2.58. The van der Waals surface area contributed by atoms with E-state index in [-0.39, 0.29) is 41.9 Å². The molecule has 4 aliphatic rings. The number of carbonyl (C=O) groups is 6. The van der Waals surface area contributed by atoms with Crippen molar-refractivity contribution in [3.63, 3.8) is 0 Å². The smallest absolute Gasteiger partial charge is 0.412 e. The van der Waals surface area contributed by atoms with Crippen LogP contribution in [0.5, 0.6) is 0 Å². The summed E-state index contributed by atoms with van der Waals surface area (Å²) in [6.45, 7) is 20.9. The van der Waals surface area contributed by atoms with E-state index in [4.69, 9.17) is 15.2 Å². The molecule has 13 heteroatoms. The highest BCUT2D eigenvalue weighted by Crippen LogP contribution is 2.60. The van der Waals surface area contributed by atoms with Crippen molar-refractivity contribution < 1.29 is 38.2 Å². The fraction of sp³-hybridized carbons (Fsp3) is 0.647. The van der Waals surface area contributed by atoms with Crippen molar-refractivity contribution in [2.45, 2.75) is 187 Å². The molecular weight excluding hydrogens is 811 g/mol. The third-order valence-electron chi connectivity index (χ3n) is 15.1. The second-order valence-corrected chi connectivity index (χ2v) is 22.2. The van der Waals surface area contributed by atoms with Gasteiger partial charge in [0.15, 0.2) is 0 Å². The van der Waals surface area contributed by atoms with Crippen molar-refractivity contribution in [3.05, 3.63) is 58.7 Å². The van der Waals surface area contributed by atoms with Gasteiger partial charge < -0.3 is 25.8 Å². The molecule has 0 unspecified atom stereocenters. The van der Waals surface area contributed by atoms with E-state index in [1.54, 1.807) is 27.7 Å². The van der Waals surface area contributed by atoms with Crippen LogP contribution in [0.2, 0.25) is 0 Å². The molecule has 4 aliphatic carbocycles. The van der Waals surface area contributed by atoms with Gasteiger partial charge in [-0.15, -0.1) is 0 Å². The van der Waals surface area contributed by atoms with Gasteiger partial charge in [0.25, 0.3) is 0 Å². The van der Waals surface area contributed by atoms with Gasteiger partial charge in [-0.2, -0.15) is 0 Å². The summed E-state index contributed by atoms with van der Waals surface area (Å²) in [7, 11) is 0. The zero-order chi connectivity index (χ0) is 47.2. The Labute approximate surface area is 379 Å². The Bertz CT molecular complexity index is 2180. The summed E-state index contributed by atoms with van der Waals surface area (Å²) in [5.41, 5.74) is 8.34. The molecule has 0 spiro atoms. The van der Waals surface area contributed by atoms with Crippen molar-refractivity contribution in [2.75, 3.05) is 10.6 Å². The average Bonchev–Trinajstić information content (AvgIpc) is 3.18. The maximum absolute atomic E-state index is 14.8. The molecule has 2 aromatic carbocycles. The van der Waals surface area contributed by atoms with Crippen molar-refractivity contribution >= 4 is 47.1 Å². The van der Waals surface area contributed by atoms with Crippen LogP contribution in [-0.4, -0.2) is 59.0 Å². The zero-order valence-electron chi connectivity index (χ0n) is 40.1. The van der Waals surface area contributed by atoms with Crippen LogP contribution >= 0.6 is 0 Å². The van der Waals surface area contributed by atoms with Gasteiger partial charge in [0.1, 0.15) is 17.2 Å². The molecular formula is C51H73N5O8. The molecule has 6 N–H and O–H groups in total. The molecule has 64 heavy (non-hydrogen) atoms. The zero-order valence-corrected chi connectivity index (χ0v) is 40.1. The number of nitrogens with two attached hydrogens (primary N) is 1. The summed E-state index contributed by atoms with van der Waals surface area (Å²) >= 11 is 0. The largest absolute Gasteiger partial charge is 0.460 e. The Balaban J connectivity index is 1.13. The standard InChI is InChI=1S/C51H73N5O8/c1-30(53-42(59)37(52)20-23-40(57)63-46(2,3)4)41(58)54-33-18-14-31-16-21-38-48(8,35(31)28-33)24-12-26-50(38,10)43(60)56-44(61)51(11)27-13-25-49(9)36-29-34(55-45(62)64-47(5,6)7)19-15-32(36)17-22-39(49)51/h14-15,18-19,28-30,37-39H,12-13,16-17,20-27,52H2,1-11H3,(H,53,59)(H,54,58)(H,55,62)(H,56,60,61)/t30-,37-,38+,39+,48+,49+,50-,51-/m0/s1. The van der Waals surface area contributed by atoms with Gasteiger partial charge in [0.05, 0.1) is 16.9 Å². The second kappa shape index (κ2) is 17.9. The molecule has 2 fully saturated rings. The Hall–Kier alpha value is -4.78. The molecule has 8 atom stereocenters. The molecule has 0 bridgehead atoms. The summed E-state index contributed by atoms with van der Waals surface area (Å²) in [6, 6.07) is 10.1. The van der Waals surface area contributed by atoms with E-state index in [2.05, 4.69) is 47.2 Å². The van der Waals surface area contributed by atoms with Gasteiger partial charge in [0.2, 0.25) is 23.6 Å². The maximum Gasteiger partial charge on any atom is 0.412 e. The fourth-order valence-electron chi connectivity index (χ4n) is 11.9. The lowest BCUT2D eigenvalue weighted by Crippen LogP contribution is -2.60. The van der Waals surface area contributed by atoms with Crippen LogP contribution in [0.15, 0.2) is 36.4 Å². The maximum atomic E-state index is 14.8. The number of anilines is 2. The van der Waals surface area contributed by atoms with Gasteiger partial charge in [-0.25, -0.2) is 4.79 Å². The topological polar surface area (TPSA) is 195 Å². The molecule has 350 valence electrons. The lowest BCUT2D eigenvalue weighted by Gasteiger charge is -2.56. The predicted octanol–water partition coefficient (Wildman–Crippen LogP) is 8.29. The molecule has 0 saturated heterocycles. The number of hydrogen-bond acceptors (Lipinski definition) is 9. The minimum Gasteiger partial charge on any atom is -0.460 e. The van der Waals surface area contributed by atoms with E-state index >= 15 is 0 Å². The van der Waals surface area contributed by atoms with Crippen molar-refractivity contribution in [2.24, 2.45) is 28.4 Å². The number of imide groups is 1. The van der Waals surface area contributed by atoms with E-state index < -0.39 is 63.4 Å². The Morgan fingerprint density at radius 1 is 0.688 bits per heavy atom. The van der Waals surface area contributed by atoms with Crippen LogP contribution in [0.4, 0.5) is 16.2 Å². The normalized spacial score (nSPS) is 28.3. The van der Waals surface area contributed by atoms with Gasteiger partial charge in [-0.05, 0) is 175 Å². The predicted molar refractivity (Wildman–Crippen MR) is 247 cm³/mol. The van der Waals surface area contributed by atoms with Crippen molar-refractivity contribution in [1.29, 1.82) is 0 Å². The molecule has 0 aliphatic heterocycles. The monoisotopic (exact) mass is 884 g/mol. The molecule has 2 aromatic rings.